The number of rotatable bonds is 34. The van der Waals surface area contributed by atoms with Crippen LogP contribution in [0.1, 0.15) is 174 Å². The van der Waals surface area contributed by atoms with Crippen molar-refractivity contribution in [1.29, 1.82) is 0 Å². The molecule has 0 aromatic carbocycles. The fraction of sp³-hybridized carbons (Fsp3) is 0.756. The van der Waals surface area contributed by atoms with Crippen molar-refractivity contribution in [2.24, 2.45) is 0 Å². The first kappa shape index (κ1) is 42.4. The molecule has 0 radical (unpaired) electrons. The monoisotopic (exact) mass is 613 g/mol. The Bertz CT molecular complexity index is 703. The summed E-state index contributed by atoms with van der Waals surface area (Å²) in [5.41, 5.74) is 4.58. The summed E-state index contributed by atoms with van der Waals surface area (Å²) < 4.78 is 0. The van der Waals surface area contributed by atoms with E-state index in [1.807, 2.05) is 0 Å². The lowest BCUT2D eigenvalue weighted by Gasteiger charge is -2.14. The van der Waals surface area contributed by atoms with Gasteiger partial charge in [-0.2, -0.15) is 0 Å². The molecule has 3 heteroatoms. The average Bonchev–Trinajstić information content (AvgIpc) is 3.02. The SMILES string of the molecule is CCCCCC=CCC=CCCCCCCC/C=C(\CCCCCCCCC=CCC=CCCCCC)NOCCN(C)C. The number of hydroxylamine groups is 1. The molecule has 44 heavy (non-hydrogen) atoms. The van der Waals surface area contributed by atoms with E-state index in [9.17, 15) is 0 Å². The molecular weight excluding hydrogens is 536 g/mol. The van der Waals surface area contributed by atoms with Gasteiger partial charge in [0, 0.05) is 12.2 Å². The molecule has 0 heterocycles. The first-order valence-electron chi connectivity index (χ1n) is 19.0. The molecule has 0 rings (SSSR count). The second-order valence-corrected chi connectivity index (χ2v) is 12.8. The van der Waals surface area contributed by atoms with E-state index in [0.29, 0.717) is 0 Å². The first-order valence-corrected chi connectivity index (χ1v) is 19.0. The highest BCUT2D eigenvalue weighted by Crippen LogP contribution is 2.14. The molecule has 0 fully saturated rings. The van der Waals surface area contributed by atoms with Crippen molar-refractivity contribution < 1.29 is 4.84 Å². The van der Waals surface area contributed by atoms with Crippen LogP contribution in [0.25, 0.3) is 0 Å². The zero-order chi connectivity index (χ0) is 32.0. The van der Waals surface area contributed by atoms with Crippen molar-refractivity contribution in [2.75, 3.05) is 27.2 Å². The van der Waals surface area contributed by atoms with E-state index in [4.69, 9.17) is 4.84 Å². The van der Waals surface area contributed by atoms with Gasteiger partial charge in [0.25, 0.3) is 0 Å². The minimum absolute atomic E-state index is 0.720. The quantitative estimate of drug-likeness (QED) is 0.0444. The molecule has 1 N–H and O–H groups in total. The molecule has 0 aromatic heterocycles. The molecule has 0 bridgehead atoms. The van der Waals surface area contributed by atoms with Crippen LogP contribution in [0.4, 0.5) is 0 Å². The van der Waals surface area contributed by atoms with Crippen molar-refractivity contribution in [3.63, 3.8) is 0 Å². The third kappa shape index (κ3) is 36.6. The Morgan fingerprint density at radius 3 is 1.36 bits per heavy atom. The molecular formula is C41H76N2O. The largest absolute Gasteiger partial charge is 0.307 e. The van der Waals surface area contributed by atoms with Crippen LogP contribution < -0.4 is 5.48 Å². The molecule has 0 spiro atoms. The maximum absolute atomic E-state index is 5.78. The van der Waals surface area contributed by atoms with Gasteiger partial charge in [0.15, 0.2) is 0 Å². The molecule has 0 atom stereocenters. The van der Waals surface area contributed by atoms with Gasteiger partial charge < -0.3 is 4.90 Å². The second-order valence-electron chi connectivity index (χ2n) is 12.8. The van der Waals surface area contributed by atoms with Gasteiger partial charge >= 0.3 is 0 Å². The number of hydrogen-bond donors (Lipinski definition) is 1. The number of nitrogens with zero attached hydrogens (tertiary/aromatic N) is 1. The van der Waals surface area contributed by atoms with Gasteiger partial charge in [-0.3, -0.25) is 10.3 Å². The number of unbranched alkanes of at least 4 members (excludes halogenated alkanes) is 18. The topological polar surface area (TPSA) is 24.5 Å². The minimum atomic E-state index is 0.720. The molecule has 256 valence electrons. The van der Waals surface area contributed by atoms with Crippen LogP contribution in [0.3, 0.4) is 0 Å². The van der Waals surface area contributed by atoms with Crippen LogP contribution in [0.15, 0.2) is 60.4 Å². The van der Waals surface area contributed by atoms with E-state index < -0.39 is 0 Å². The van der Waals surface area contributed by atoms with Gasteiger partial charge in [-0.1, -0.05) is 139 Å². The van der Waals surface area contributed by atoms with Crippen LogP contribution in [0.5, 0.6) is 0 Å². The van der Waals surface area contributed by atoms with Gasteiger partial charge in [-0.15, -0.1) is 0 Å². The molecule has 0 unspecified atom stereocenters. The maximum Gasteiger partial charge on any atom is 0.0872 e. The van der Waals surface area contributed by atoms with Crippen molar-refractivity contribution in [3.8, 4) is 0 Å². The predicted octanol–water partition coefficient (Wildman–Crippen LogP) is 13.0. The Kier molecular flexibility index (Phi) is 36.3. The van der Waals surface area contributed by atoms with Crippen molar-refractivity contribution in [3.05, 3.63) is 60.4 Å². The highest BCUT2D eigenvalue weighted by molar-refractivity contribution is 4.97. The van der Waals surface area contributed by atoms with Gasteiger partial charge in [0.05, 0.1) is 6.61 Å². The van der Waals surface area contributed by atoms with E-state index in [1.54, 1.807) is 0 Å². The summed E-state index contributed by atoms with van der Waals surface area (Å²) in [6, 6.07) is 0. The Hall–Kier alpha value is -1.58. The number of allylic oxidation sites excluding steroid dienone is 10. The molecule has 0 aromatic rings. The standard InChI is InChI=1S/C41H76N2O/c1-5-7-9-11-13-15-17-19-21-23-25-27-29-31-33-35-37-41(42-44-40-39-43(3)4)38-36-34-32-30-28-26-24-22-20-18-16-14-12-10-8-6-2/h13-16,19-22,37,42H,5-12,17-18,23-36,38-40H2,1-4H3/b15-13?,16-14?,21-19?,22-20?,41-37+. The van der Waals surface area contributed by atoms with Gasteiger partial charge in [-0.25, -0.2) is 0 Å². The third-order valence-electron chi connectivity index (χ3n) is 8.04. The molecule has 0 aliphatic rings. The van der Waals surface area contributed by atoms with Crippen LogP contribution >= 0.6 is 0 Å². The number of likely N-dealkylation sites (N-methyl/N-ethyl adjacent to an activating group) is 1. The van der Waals surface area contributed by atoms with Crippen LogP contribution in [0, 0.1) is 0 Å². The summed E-state index contributed by atoms with van der Waals surface area (Å²) in [7, 11) is 4.18. The molecule has 3 nitrogen and oxygen atoms in total. The lowest BCUT2D eigenvalue weighted by Crippen LogP contribution is -2.23. The summed E-state index contributed by atoms with van der Waals surface area (Å²) in [5.74, 6) is 0. The summed E-state index contributed by atoms with van der Waals surface area (Å²) in [6.07, 6.45) is 53.3. The summed E-state index contributed by atoms with van der Waals surface area (Å²) in [6.45, 7) is 6.19. The normalized spacial score (nSPS) is 12.8. The zero-order valence-electron chi connectivity index (χ0n) is 30.1. The van der Waals surface area contributed by atoms with E-state index in [1.165, 1.54) is 141 Å². The zero-order valence-corrected chi connectivity index (χ0v) is 30.1. The average molecular weight is 613 g/mol. The Morgan fingerprint density at radius 1 is 0.500 bits per heavy atom. The summed E-state index contributed by atoms with van der Waals surface area (Å²) in [5, 5.41) is 0. The summed E-state index contributed by atoms with van der Waals surface area (Å²) >= 11 is 0. The first-order chi connectivity index (χ1) is 21.7. The fourth-order valence-electron chi connectivity index (χ4n) is 5.10. The number of nitrogens with one attached hydrogen (secondary N) is 1. The molecule has 0 aliphatic heterocycles. The van der Waals surface area contributed by atoms with Gasteiger partial charge in [0.1, 0.15) is 0 Å². The molecule has 0 amide bonds. The molecule has 0 saturated heterocycles. The van der Waals surface area contributed by atoms with E-state index >= 15 is 0 Å². The summed E-state index contributed by atoms with van der Waals surface area (Å²) in [4.78, 5) is 7.95. The fourth-order valence-corrected chi connectivity index (χ4v) is 5.10. The Balaban J connectivity index is 3.92. The van der Waals surface area contributed by atoms with Crippen molar-refractivity contribution in [2.45, 2.75) is 174 Å². The smallest absolute Gasteiger partial charge is 0.0872 e. The lowest BCUT2D eigenvalue weighted by molar-refractivity contribution is 0.0499. The van der Waals surface area contributed by atoms with Crippen molar-refractivity contribution >= 4 is 0 Å². The van der Waals surface area contributed by atoms with Crippen LogP contribution in [0.2, 0.25) is 0 Å². The molecule has 0 saturated carbocycles. The minimum Gasteiger partial charge on any atom is -0.307 e. The third-order valence-corrected chi connectivity index (χ3v) is 8.04. The van der Waals surface area contributed by atoms with E-state index in [2.05, 4.69) is 93.0 Å². The highest BCUT2D eigenvalue weighted by atomic mass is 16.6. The Labute approximate surface area is 276 Å². The number of hydrogen-bond acceptors (Lipinski definition) is 3. The van der Waals surface area contributed by atoms with Crippen LogP contribution in [-0.2, 0) is 4.84 Å². The van der Waals surface area contributed by atoms with Gasteiger partial charge in [-0.05, 0) is 104 Å². The van der Waals surface area contributed by atoms with E-state index in [-0.39, 0.29) is 0 Å². The van der Waals surface area contributed by atoms with E-state index in [0.717, 1.165) is 38.8 Å². The second kappa shape index (κ2) is 37.6. The maximum atomic E-state index is 5.78. The molecule has 0 aliphatic carbocycles. The Morgan fingerprint density at radius 2 is 0.909 bits per heavy atom. The lowest BCUT2D eigenvalue weighted by atomic mass is 10.1. The van der Waals surface area contributed by atoms with Crippen molar-refractivity contribution in [1.82, 2.24) is 10.4 Å². The highest BCUT2D eigenvalue weighted by Gasteiger charge is 2.00. The van der Waals surface area contributed by atoms with Gasteiger partial charge in [0.2, 0.25) is 0 Å². The van der Waals surface area contributed by atoms with Crippen LogP contribution in [-0.4, -0.2) is 32.1 Å². The predicted molar refractivity (Wildman–Crippen MR) is 199 cm³/mol.